The van der Waals surface area contributed by atoms with E-state index in [1.165, 1.54) is 31.7 Å². The Morgan fingerprint density at radius 2 is 1.88 bits per heavy atom. The van der Waals surface area contributed by atoms with Crippen LogP contribution in [0.25, 0.3) is 0 Å². The van der Waals surface area contributed by atoms with Crippen LogP contribution in [0.3, 0.4) is 0 Å². The molecule has 1 aromatic heterocycles. The summed E-state index contributed by atoms with van der Waals surface area (Å²) in [5.74, 6) is 0. The molecule has 0 saturated carbocycles. The van der Waals surface area contributed by atoms with E-state index in [9.17, 15) is 0 Å². The highest BCUT2D eigenvalue weighted by Crippen LogP contribution is 2.04. The molecular formula is C11H19IN4. The maximum Gasteiger partial charge on any atom is 0.0536 e. The van der Waals surface area contributed by atoms with Crippen LogP contribution in [0.4, 0.5) is 0 Å². The van der Waals surface area contributed by atoms with Gasteiger partial charge in [0.1, 0.15) is 0 Å². The molecule has 0 bridgehead atoms. The highest BCUT2D eigenvalue weighted by atomic mass is 127. The summed E-state index contributed by atoms with van der Waals surface area (Å²) in [7, 11) is 0. The summed E-state index contributed by atoms with van der Waals surface area (Å²) in [6.07, 6.45) is 4.04. The van der Waals surface area contributed by atoms with E-state index in [2.05, 4.69) is 50.6 Å². The second kappa shape index (κ2) is 5.97. The molecule has 1 saturated heterocycles. The molecule has 1 aromatic rings. The molecule has 1 aliphatic heterocycles. The van der Waals surface area contributed by atoms with Crippen molar-refractivity contribution in [2.45, 2.75) is 13.5 Å². The van der Waals surface area contributed by atoms with Gasteiger partial charge in [0, 0.05) is 38.9 Å². The fourth-order valence-corrected chi connectivity index (χ4v) is 2.65. The molecule has 2 rings (SSSR count). The van der Waals surface area contributed by atoms with Crippen molar-refractivity contribution >= 4 is 22.6 Å². The van der Waals surface area contributed by atoms with Crippen LogP contribution in [0.2, 0.25) is 0 Å². The number of aromatic nitrogens is 2. The monoisotopic (exact) mass is 334 g/mol. The Morgan fingerprint density at radius 3 is 2.44 bits per heavy atom. The molecule has 90 valence electrons. The molecule has 0 spiro atoms. The lowest BCUT2D eigenvalue weighted by molar-refractivity contribution is 0.146. The summed E-state index contributed by atoms with van der Waals surface area (Å²) in [5.41, 5.74) is 1.25. The highest BCUT2D eigenvalue weighted by Gasteiger charge is 2.15. The third-order valence-corrected chi connectivity index (χ3v) is 4.01. The zero-order valence-electron chi connectivity index (χ0n) is 9.77. The van der Waals surface area contributed by atoms with Gasteiger partial charge in [-0.05, 0) is 12.5 Å². The van der Waals surface area contributed by atoms with Gasteiger partial charge in [-0.1, -0.05) is 22.6 Å². The average molecular weight is 334 g/mol. The van der Waals surface area contributed by atoms with E-state index in [-0.39, 0.29) is 0 Å². The lowest BCUT2D eigenvalue weighted by atomic mass is 10.3. The van der Waals surface area contributed by atoms with Crippen LogP contribution in [0.1, 0.15) is 5.56 Å². The maximum atomic E-state index is 4.31. The number of halogens is 1. The van der Waals surface area contributed by atoms with Crippen molar-refractivity contribution < 1.29 is 0 Å². The minimum absolute atomic E-state index is 1.01. The number of hydrogen-bond acceptors (Lipinski definition) is 3. The average Bonchev–Trinajstić information content (AvgIpc) is 2.73. The molecule has 0 aliphatic carbocycles. The highest BCUT2D eigenvalue weighted by molar-refractivity contribution is 14.1. The van der Waals surface area contributed by atoms with E-state index >= 15 is 0 Å². The quantitative estimate of drug-likeness (QED) is 0.470. The van der Waals surface area contributed by atoms with Crippen molar-refractivity contribution in [2.24, 2.45) is 0 Å². The Labute approximate surface area is 111 Å². The van der Waals surface area contributed by atoms with Gasteiger partial charge in [0.25, 0.3) is 0 Å². The Bertz CT molecular complexity index is 318. The first-order chi connectivity index (χ1) is 7.78. The molecule has 5 heteroatoms. The SMILES string of the molecule is Cc1cnn(CCN2CCN(CI)CC2)c1. The van der Waals surface area contributed by atoms with Crippen molar-refractivity contribution in [3.05, 3.63) is 18.0 Å². The van der Waals surface area contributed by atoms with E-state index in [1.54, 1.807) is 0 Å². The van der Waals surface area contributed by atoms with E-state index in [0.29, 0.717) is 0 Å². The van der Waals surface area contributed by atoms with Gasteiger partial charge in [-0.15, -0.1) is 0 Å². The summed E-state index contributed by atoms with van der Waals surface area (Å²) in [6, 6.07) is 0. The van der Waals surface area contributed by atoms with Crippen molar-refractivity contribution in [1.29, 1.82) is 0 Å². The van der Waals surface area contributed by atoms with Crippen LogP contribution in [0.15, 0.2) is 12.4 Å². The molecule has 0 radical (unpaired) electrons. The van der Waals surface area contributed by atoms with Crippen LogP contribution >= 0.6 is 22.6 Å². The minimum Gasteiger partial charge on any atom is -0.299 e. The number of alkyl halides is 1. The van der Waals surface area contributed by atoms with E-state index in [4.69, 9.17) is 0 Å². The van der Waals surface area contributed by atoms with E-state index in [0.717, 1.165) is 17.6 Å². The summed E-state index contributed by atoms with van der Waals surface area (Å²) < 4.78 is 3.20. The summed E-state index contributed by atoms with van der Waals surface area (Å²) in [5, 5.41) is 4.31. The van der Waals surface area contributed by atoms with Gasteiger partial charge in [0.2, 0.25) is 0 Å². The first-order valence-corrected chi connectivity index (χ1v) is 7.30. The van der Waals surface area contributed by atoms with Crippen LogP contribution < -0.4 is 0 Å². The molecule has 0 unspecified atom stereocenters. The minimum atomic E-state index is 1.01. The zero-order valence-corrected chi connectivity index (χ0v) is 11.9. The molecule has 2 heterocycles. The van der Waals surface area contributed by atoms with E-state index in [1.807, 2.05) is 10.9 Å². The number of rotatable bonds is 4. The summed E-state index contributed by atoms with van der Waals surface area (Å²) in [6.45, 7) is 9.03. The van der Waals surface area contributed by atoms with Gasteiger partial charge in [0.15, 0.2) is 0 Å². The van der Waals surface area contributed by atoms with E-state index < -0.39 is 0 Å². The number of nitrogens with zero attached hydrogens (tertiary/aromatic N) is 4. The van der Waals surface area contributed by atoms with Gasteiger partial charge in [0.05, 0.1) is 17.3 Å². The van der Waals surface area contributed by atoms with Crippen LogP contribution in [0, 0.1) is 6.92 Å². The molecule has 1 aliphatic rings. The topological polar surface area (TPSA) is 24.3 Å². The predicted octanol–water partition coefficient (Wildman–Crippen LogP) is 1.20. The second-order valence-corrected chi connectivity index (χ2v) is 5.04. The molecule has 4 nitrogen and oxygen atoms in total. The largest absolute Gasteiger partial charge is 0.299 e. The van der Waals surface area contributed by atoms with Crippen molar-refractivity contribution in [3.63, 3.8) is 0 Å². The standard InChI is InChI=1S/C11H19IN4/c1-11-8-13-16(9-11)7-6-14-2-4-15(10-12)5-3-14/h8-9H,2-7,10H2,1H3. The molecule has 1 fully saturated rings. The Balaban J connectivity index is 1.71. The van der Waals surface area contributed by atoms with Crippen molar-refractivity contribution in [1.82, 2.24) is 19.6 Å². The first-order valence-electron chi connectivity index (χ1n) is 5.77. The van der Waals surface area contributed by atoms with Crippen LogP contribution in [0.5, 0.6) is 0 Å². The maximum absolute atomic E-state index is 4.31. The molecule has 0 amide bonds. The predicted molar refractivity (Wildman–Crippen MR) is 73.9 cm³/mol. The van der Waals surface area contributed by atoms with Gasteiger partial charge in [-0.3, -0.25) is 14.5 Å². The molecule has 0 N–H and O–H groups in total. The van der Waals surface area contributed by atoms with Gasteiger partial charge in [-0.2, -0.15) is 5.10 Å². The Morgan fingerprint density at radius 1 is 1.19 bits per heavy atom. The first kappa shape index (κ1) is 12.3. The summed E-state index contributed by atoms with van der Waals surface area (Å²) >= 11 is 2.44. The van der Waals surface area contributed by atoms with Gasteiger partial charge >= 0.3 is 0 Å². The number of piperazine rings is 1. The van der Waals surface area contributed by atoms with Crippen LogP contribution in [-0.4, -0.2) is 56.9 Å². The number of hydrogen-bond donors (Lipinski definition) is 0. The normalized spacial score (nSPS) is 19.1. The van der Waals surface area contributed by atoms with Gasteiger partial charge < -0.3 is 0 Å². The fraction of sp³-hybridized carbons (Fsp3) is 0.727. The molecule has 16 heavy (non-hydrogen) atoms. The van der Waals surface area contributed by atoms with Crippen LogP contribution in [-0.2, 0) is 6.54 Å². The summed E-state index contributed by atoms with van der Waals surface area (Å²) in [4.78, 5) is 5.02. The second-order valence-electron chi connectivity index (χ2n) is 4.36. The Kier molecular flexibility index (Phi) is 4.60. The van der Waals surface area contributed by atoms with Gasteiger partial charge in [-0.25, -0.2) is 0 Å². The smallest absolute Gasteiger partial charge is 0.0536 e. The lowest BCUT2D eigenvalue weighted by Crippen LogP contribution is -2.46. The van der Waals surface area contributed by atoms with Crippen molar-refractivity contribution in [3.8, 4) is 0 Å². The fourth-order valence-electron chi connectivity index (χ4n) is 1.97. The molecular weight excluding hydrogens is 315 g/mol. The lowest BCUT2D eigenvalue weighted by Gasteiger charge is -2.33. The Hall–Kier alpha value is -0.140. The molecule has 0 atom stereocenters. The third-order valence-electron chi connectivity index (χ3n) is 3.04. The van der Waals surface area contributed by atoms with Crippen molar-refractivity contribution in [2.75, 3.05) is 37.3 Å². The zero-order chi connectivity index (χ0) is 11.4. The third kappa shape index (κ3) is 3.43. The molecule has 0 aromatic carbocycles. The number of aryl methyl sites for hydroxylation is 1.